The van der Waals surface area contributed by atoms with Crippen LogP contribution >= 0.6 is 11.6 Å². The maximum atomic E-state index is 12.6. The minimum Gasteiger partial charge on any atom is -0.480 e. The van der Waals surface area contributed by atoms with Crippen LogP contribution in [0.5, 0.6) is 0 Å². The average Bonchev–Trinajstić information content (AvgIpc) is 2.45. The maximum Gasteiger partial charge on any atom is 0.324 e. The molecule has 2 aromatic carbocycles. The maximum absolute atomic E-state index is 12.6. The molecule has 0 spiro atoms. The van der Waals surface area contributed by atoms with Gasteiger partial charge in [0.05, 0.1) is 10.6 Å². The van der Waals surface area contributed by atoms with Gasteiger partial charge >= 0.3 is 5.97 Å². The fraction of sp³-hybridized carbons (Fsp3) is 0.0714. The van der Waals surface area contributed by atoms with E-state index in [9.17, 15) is 13.2 Å². The van der Waals surface area contributed by atoms with Gasteiger partial charge in [0.2, 0.25) is 0 Å². The number of carboxylic acids is 1. The van der Waals surface area contributed by atoms with Crippen molar-refractivity contribution in [2.45, 2.75) is 4.90 Å². The highest BCUT2D eigenvalue weighted by Crippen LogP contribution is 2.24. The summed E-state index contributed by atoms with van der Waals surface area (Å²) in [5.41, 5.74) is 0.278. The smallest absolute Gasteiger partial charge is 0.324 e. The van der Waals surface area contributed by atoms with Crippen LogP contribution in [0.3, 0.4) is 0 Å². The van der Waals surface area contributed by atoms with Gasteiger partial charge in [0.15, 0.2) is 0 Å². The third-order valence-corrected chi connectivity index (χ3v) is 4.71. The van der Waals surface area contributed by atoms with Crippen molar-refractivity contribution in [1.82, 2.24) is 0 Å². The molecule has 0 aliphatic heterocycles. The predicted molar refractivity (Wildman–Crippen MR) is 80.1 cm³/mol. The number of rotatable bonds is 5. The number of sulfonamides is 1. The van der Waals surface area contributed by atoms with Crippen LogP contribution in [0.1, 0.15) is 0 Å². The summed E-state index contributed by atoms with van der Waals surface area (Å²) in [4.78, 5) is 10.9. The van der Waals surface area contributed by atoms with Crippen molar-refractivity contribution in [3.05, 3.63) is 59.6 Å². The Bertz CT molecular complexity index is 747. The molecule has 0 saturated carbocycles. The van der Waals surface area contributed by atoms with E-state index in [2.05, 4.69) is 0 Å². The first kappa shape index (κ1) is 15.3. The molecule has 0 fully saturated rings. The first-order chi connectivity index (χ1) is 9.91. The monoisotopic (exact) mass is 325 g/mol. The molecule has 0 aliphatic rings. The van der Waals surface area contributed by atoms with E-state index in [1.807, 2.05) is 0 Å². The standard InChI is InChI=1S/C14H12ClNO4S/c15-11-5-4-8-13(9-11)21(19,20)16(10-14(17)18)12-6-2-1-3-7-12/h1-9H,10H2,(H,17,18). The lowest BCUT2D eigenvalue weighted by Crippen LogP contribution is -2.35. The van der Waals surface area contributed by atoms with Crippen LogP contribution in [0.2, 0.25) is 5.02 Å². The molecule has 0 saturated heterocycles. The number of aliphatic carboxylic acids is 1. The van der Waals surface area contributed by atoms with E-state index in [1.165, 1.54) is 30.3 Å². The van der Waals surface area contributed by atoms with Crippen molar-refractivity contribution in [2.24, 2.45) is 0 Å². The second-order valence-corrected chi connectivity index (χ2v) is 6.50. The van der Waals surface area contributed by atoms with Gasteiger partial charge < -0.3 is 5.11 Å². The molecule has 0 bridgehead atoms. The molecule has 1 N–H and O–H groups in total. The van der Waals surface area contributed by atoms with Crippen LogP contribution in [-0.4, -0.2) is 26.0 Å². The van der Waals surface area contributed by atoms with Crippen LogP contribution in [0.25, 0.3) is 0 Å². The minimum atomic E-state index is -4.00. The summed E-state index contributed by atoms with van der Waals surface area (Å²) < 4.78 is 26.1. The highest BCUT2D eigenvalue weighted by atomic mass is 35.5. The molecule has 0 aliphatic carbocycles. The summed E-state index contributed by atoms with van der Waals surface area (Å²) in [5.74, 6) is -1.25. The van der Waals surface area contributed by atoms with E-state index >= 15 is 0 Å². The minimum absolute atomic E-state index is 0.0555. The van der Waals surface area contributed by atoms with Crippen molar-refractivity contribution in [3.63, 3.8) is 0 Å². The molecule has 21 heavy (non-hydrogen) atoms. The van der Waals surface area contributed by atoms with E-state index in [0.29, 0.717) is 0 Å². The molecule has 2 rings (SSSR count). The lowest BCUT2D eigenvalue weighted by atomic mass is 10.3. The molecule has 0 amide bonds. The SMILES string of the molecule is O=C(O)CN(c1ccccc1)S(=O)(=O)c1cccc(Cl)c1. The van der Waals surface area contributed by atoms with Crippen molar-refractivity contribution in [2.75, 3.05) is 10.8 Å². The number of carboxylic acid groups (broad SMARTS) is 1. The summed E-state index contributed by atoms with van der Waals surface area (Å²) in [6.07, 6.45) is 0. The summed E-state index contributed by atoms with van der Waals surface area (Å²) in [5, 5.41) is 9.24. The van der Waals surface area contributed by atoms with E-state index in [0.717, 1.165) is 4.31 Å². The van der Waals surface area contributed by atoms with Gasteiger partial charge in [0.25, 0.3) is 10.0 Å². The Morgan fingerprint density at radius 3 is 2.33 bits per heavy atom. The molecule has 0 aromatic heterocycles. The molecule has 5 nitrogen and oxygen atoms in total. The zero-order valence-electron chi connectivity index (χ0n) is 10.8. The van der Waals surface area contributed by atoms with Gasteiger partial charge in [-0.3, -0.25) is 9.10 Å². The Morgan fingerprint density at radius 1 is 1.10 bits per heavy atom. The Balaban J connectivity index is 2.52. The summed E-state index contributed by atoms with van der Waals surface area (Å²) in [6, 6.07) is 13.8. The summed E-state index contributed by atoms with van der Waals surface area (Å²) in [6.45, 7) is -0.668. The van der Waals surface area contributed by atoms with Gasteiger partial charge in [-0.2, -0.15) is 0 Å². The van der Waals surface area contributed by atoms with Crippen LogP contribution < -0.4 is 4.31 Å². The third-order valence-electron chi connectivity index (χ3n) is 2.71. The zero-order chi connectivity index (χ0) is 15.5. The molecule has 0 atom stereocenters. The van der Waals surface area contributed by atoms with Crippen molar-refractivity contribution >= 4 is 33.3 Å². The first-order valence-corrected chi connectivity index (χ1v) is 7.78. The Kier molecular flexibility index (Phi) is 4.50. The predicted octanol–water partition coefficient (Wildman–Crippen LogP) is 2.62. The number of anilines is 1. The van der Waals surface area contributed by atoms with Crippen molar-refractivity contribution in [1.29, 1.82) is 0 Å². The molecule has 0 radical (unpaired) electrons. The Morgan fingerprint density at radius 2 is 1.76 bits per heavy atom. The Hall–Kier alpha value is -2.05. The van der Waals surface area contributed by atoms with Crippen LogP contribution in [0.15, 0.2) is 59.5 Å². The number of halogens is 1. The van der Waals surface area contributed by atoms with Gasteiger partial charge in [0.1, 0.15) is 6.54 Å². The fourth-order valence-corrected chi connectivity index (χ4v) is 3.50. The van der Waals surface area contributed by atoms with Gasteiger partial charge in [-0.25, -0.2) is 8.42 Å². The lowest BCUT2D eigenvalue weighted by molar-refractivity contribution is -0.135. The van der Waals surface area contributed by atoms with Gasteiger partial charge in [-0.15, -0.1) is 0 Å². The highest BCUT2D eigenvalue weighted by molar-refractivity contribution is 7.92. The molecule has 0 heterocycles. The second kappa shape index (κ2) is 6.15. The molecule has 110 valence electrons. The molecular formula is C14H12ClNO4S. The molecule has 7 heteroatoms. The quantitative estimate of drug-likeness (QED) is 0.917. The lowest BCUT2D eigenvalue weighted by Gasteiger charge is -2.22. The van der Waals surface area contributed by atoms with Gasteiger partial charge in [-0.1, -0.05) is 35.9 Å². The van der Waals surface area contributed by atoms with E-state index < -0.39 is 22.5 Å². The number of nitrogens with zero attached hydrogens (tertiary/aromatic N) is 1. The number of para-hydroxylation sites is 1. The first-order valence-electron chi connectivity index (χ1n) is 5.96. The van der Waals surface area contributed by atoms with E-state index in [1.54, 1.807) is 24.3 Å². The topological polar surface area (TPSA) is 74.7 Å². The van der Waals surface area contributed by atoms with Crippen LogP contribution in [0, 0.1) is 0 Å². The summed E-state index contributed by atoms with van der Waals surface area (Å²) >= 11 is 5.81. The Labute approximate surface area is 127 Å². The van der Waals surface area contributed by atoms with Crippen molar-refractivity contribution in [3.8, 4) is 0 Å². The number of hydrogen-bond donors (Lipinski definition) is 1. The fourth-order valence-electron chi connectivity index (χ4n) is 1.79. The van der Waals surface area contributed by atoms with Crippen LogP contribution in [0.4, 0.5) is 5.69 Å². The van der Waals surface area contributed by atoms with Crippen molar-refractivity contribution < 1.29 is 18.3 Å². The van der Waals surface area contributed by atoms with E-state index in [-0.39, 0.29) is 15.6 Å². The number of carbonyl (C=O) groups is 1. The van der Waals surface area contributed by atoms with E-state index in [4.69, 9.17) is 16.7 Å². The largest absolute Gasteiger partial charge is 0.480 e. The third kappa shape index (κ3) is 3.53. The number of hydrogen-bond acceptors (Lipinski definition) is 3. The second-order valence-electron chi connectivity index (χ2n) is 4.20. The van der Waals surface area contributed by atoms with Gasteiger partial charge in [-0.05, 0) is 30.3 Å². The van der Waals surface area contributed by atoms with Gasteiger partial charge in [0, 0.05) is 5.02 Å². The highest BCUT2D eigenvalue weighted by Gasteiger charge is 2.27. The number of benzene rings is 2. The molecule has 0 unspecified atom stereocenters. The van der Waals surface area contributed by atoms with Crippen LogP contribution in [-0.2, 0) is 14.8 Å². The molecule has 2 aromatic rings. The summed E-state index contributed by atoms with van der Waals surface area (Å²) in [7, 11) is -4.00. The molecular weight excluding hydrogens is 314 g/mol. The normalized spacial score (nSPS) is 11.1. The average molecular weight is 326 g/mol. The zero-order valence-corrected chi connectivity index (χ0v) is 12.4.